The van der Waals surface area contributed by atoms with Crippen LogP contribution >= 0.6 is 0 Å². The predicted molar refractivity (Wildman–Crippen MR) is 60.9 cm³/mol. The third-order valence-corrected chi connectivity index (χ3v) is 2.37. The summed E-state index contributed by atoms with van der Waals surface area (Å²) >= 11 is 0. The van der Waals surface area contributed by atoms with Gasteiger partial charge in [-0.25, -0.2) is 4.79 Å². The van der Waals surface area contributed by atoms with E-state index in [-0.39, 0.29) is 0 Å². The fourth-order valence-corrected chi connectivity index (χ4v) is 1.37. The van der Waals surface area contributed by atoms with E-state index in [0.717, 1.165) is 12.8 Å². The number of aryl methyl sites for hydroxylation is 2. The molecule has 0 aliphatic carbocycles. The molecule has 0 bridgehead atoms. The van der Waals surface area contributed by atoms with Crippen LogP contribution in [0.25, 0.3) is 0 Å². The second-order valence-corrected chi connectivity index (χ2v) is 3.75. The highest BCUT2D eigenvalue weighted by Crippen LogP contribution is 2.10. The molecule has 1 rings (SSSR count). The van der Waals surface area contributed by atoms with Gasteiger partial charge in [0.15, 0.2) is 0 Å². The van der Waals surface area contributed by atoms with E-state index in [9.17, 15) is 4.79 Å². The van der Waals surface area contributed by atoms with Crippen LogP contribution in [0.15, 0.2) is 36.4 Å². The Labute approximate surface area is 90.3 Å². The van der Waals surface area contributed by atoms with Gasteiger partial charge in [-0.15, -0.1) is 0 Å². The molecule has 1 aromatic carbocycles. The van der Waals surface area contributed by atoms with Gasteiger partial charge in [-0.2, -0.15) is 0 Å². The number of benzene rings is 1. The summed E-state index contributed by atoms with van der Waals surface area (Å²) in [7, 11) is 0. The number of carbonyl (C=O) groups is 1. The molecule has 0 radical (unpaired) electrons. The van der Waals surface area contributed by atoms with Gasteiger partial charge in [-0.05, 0) is 31.7 Å². The maximum Gasteiger partial charge on any atom is 0.330 e. The van der Waals surface area contributed by atoms with Gasteiger partial charge in [0.25, 0.3) is 0 Å². The van der Waals surface area contributed by atoms with Gasteiger partial charge in [0.1, 0.15) is 0 Å². The minimum absolute atomic E-state index is 0.294. The van der Waals surface area contributed by atoms with E-state index in [1.807, 2.05) is 0 Å². The lowest BCUT2D eigenvalue weighted by atomic mass is 10.0. The second kappa shape index (κ2) is 5.35. The van der Waals surface area contributed by atoms with E-state index >= 15 is 0 Å². The van der Waals surface area contributed by atoms with Crippen molar-refractivity contribution in [1.29, 1.82) is 0 Å². The zero-order chi connectivity index (χ0) is 11.3. The standard InChI is InChI=1S/C13H16O2/c1-10-6-8-12(9-7-10)5-3-4-11(2)13(14)15/h6-9H,2-5H2,1H3,(H,14,15). The van der Waals surface area contributed by atoms with Gasteiger partial charge >= 0.3 is 5.97 Å². The molecule has 0 amide bonds. The molecule has 0 saturated heterocycles. The first-order chi connectivity index (χ1) is 7.09. The van der Waals surface area contributed by atoms with Gasteiger partial charge in [-0.3, -0.25) is 0 Å². The van der Waals surface area contributed by atoms with Crippen LogP contribution in [-0.4, -0.2) is 11.1 Å². The molecule has 0 unspecified atom stereocenters. The molecule has 0 aromatic heterocycles. The van der Waals surface area contributed by atoms with Crippen molar-refractivity contribution in [2.45, 2.75) is 26.2 Å². The summed E-state index contributed by atoms with van der Waals surface area (Å²) in [6.07, 6.45) is 2.31. The van der Waals surface area contributed by atoms with Crippen molar-refractivity contribution in [3.63, 3.8) is 0 Å². The van der Waals surface area contributed by atoms with Crippen LogP contribution in [0, 0.1) is 6.92 Å². The minimum Gasteiger partial charge on any atom is -0.478 e. The molecule has 0 saturated carbocycles. The Morgan fingerprint density at radius 2 is 1.93 bits per heavy atom. The average molecular weight is 204 g/mol. The van der Waals surface area contributed by atoms with Crippen molar-refractivity contribution in [2.24, 2.45) is 0 Å². The molecule has 15 heavy (non-hydrogen) atoms. The molecule has 0 fully saturated rings. The highest BCUT2D eigenvalue weighted by atomic mass is 16.4. The Morgan fingerprint density at radius 3 is 2.47 bits per heavy atom. The Balaban J connectivity index is 2.35. The lowest BCUT2D eigenvalue weighted by Crippen LogP contribution is -1.99. The maximum absolute atomic E-state index is 10.5. The van der Waals surface area contributed by atoms with E-state index in [0.29, 0.717) is 12.0 Å². The molecule has 80 valence electrons. The van der Waals surface area contributed by atoms with Crippen molar-refractivity contribution in [3.05, 3.63) is 47.5 Å². The number of aliphatic carboxylic acids is 1. The van der Waals surface area contributed by atoms with Crippen LogP contribution in [0.1, 0.15) is 24.0 Å². The molecular weight excluding hydrogens is 188 g/mol. The number of hydrogen-bond donors (Lipinski definition) is 1. The summed E-state index contributed by atoms with van der Waals surface area (Å²) in [5.41, 5.74) is 2.79. The zero-order valence-electron chi connectivity index (χ0n) is 8.99. The predicted octanol–water partition coefficient (Wildman–Crippen LogP) is 2.96. The largest absolute Gasteiger partial charge is 0.478 e. The van der Waals surface area contributed by atoms with E-state index in [1.165, 1.54) is 11.1 Å². The van der Waals surface area contributed by atoms with Crippen LogP contribution < -0.4 is 0 Å². The molecule has 1 aromatic rings. The van der Waals surface area contributed by atoms with E-state index in [4.69, 9.17) is 5.11 Å². The second-order valence-electron chi connectivity index (χ2n) is 3.75. The van der Waals surface area contributed by atoms with E-state index < -0.39 is 5.97 Å². The van der Waals surface area contributed by atoms with Crippen LogP contribution in [0.2, 0.25) is 0 Å². The fourth-order valence-electron chi connectivity index (χ4n) is 1.37. The summed E-state index contributed by atoms with van der Waals surface area (Å²) in [6, 6.07) is 8.31. The van der Waals surface area contributed by atoms with E-state index in [1.54, 1.807) is 0 Å². The number of hydrogen-bond acceptors (Lipinski definition) is 1. The molecular formula is C13H16O2. The third-order valence-electron chi connectivity index (χ3n) is 2.37. The Bertz CT molecular complexity index is 349. The summed E-state index contributed by atoms with van der Waals surface area (Å²) in [5.74, 6) is -0.890. The molecule has 0 spiro atoms. The average Bonchev–Trinajstić information content (AvgIpc) is 2.20. The highest BCUT2D eigenvalue weighted by Gasteiger charge is 2.03. The quantitative estimate of drug-likeness (QED) is 0.749. The molecule has 0 aliphatic heterocycles. The first kappa shape index (κ1) is 11.5. The van der Waals surface area contributed by atoms with Crippen LogP contribution in [0.4, 0.5) is 0 Å². The maximum atomic E-state index is 10.5. The van der Waals surface area contributed by atoms with Gasteiger partial charge in [0, 0.05) is 5.57 Å². The molecule has 2 heteroatoms. The van der Waals surface area contributed by atoms with Crippen molar-refractivity contribution in [2.75, 3.05) is 0 Å². The SMILES string of the molecule is C=C(CCCc1ccc(C)cc1)C(=O)O. The molecule has 0 aliphatic rings. The van der Waals surface area contributed by atoms with Gasteiger partial charge < -0.3 is 5.11 Å². The van der Waals surface area contributed by atoms with Gasteiger partial charge in [0.05, 0.1) is 0 Å². The lowest BCUT2D eigenvalue weighted by Gasteiger charge is -2.02. The van der Waals surface area contributed by atoms with Crippen molar-refractivity contribution < 1.29 is 9.90 Å². The van der Waals surface area contributed by atoms with Crippen LogP contribution in [0.5, 0.6) is 0 Å². The van der Waals surface area contributed by atoms with Gasteiger partial charge in [0.2, 0.25) is 0 Å². The van der Waals surface area contributed by atoms with Crippen LogP contribution in [0.3, 0.4) is 0 Å². The number of carboxylic acid groups (broad SMARTS) is 1. The lowest BCUT2D eigenvalue weighted by molar-refractivity contribution is -0.132. The monoisotopic (exact) mass is 204 g/mol. The van der Waals surface area contributed by atoms with Gasteiger partial charge in [-0.1, -0.05) is 36.4 Å². The normalized spacial score (nSPS) is 9.93. The van der Waals surface area contributed by atoms with Crippen molar-refractivity contribution in [3.8, 4) is 0 Å². The van der Waals surface area contributed by atoms with E-state index in [2.05, 4.69) is 37.8 Å². The third kappa shape index (κ3) is 3.98. The summed E-state index contributed by atoms with van der Waals surface area (Å²) in [5, 5.41) is 8.62. The Hall–Kier alpha value is -1.57. The fraction of sp³-hybridized carbons (Fsp3) is 0.308. The molecule has 1 N–H and O–H groups in total. The summed E-state index contributed by atoms with van der Waals surface area (Å²) in [4.78, 5) is 10.5. The smallest absolute Gasteiger partial charge is 0.330 e. The van der Waals surface area contributed by atoms with Crippen molar-refractivity contribution in [1.82, 2.24) is 0 Å². The topological polar surface area (TPSA) is 37.3 Å². The summed E-state index contributed by atoms with van der Waals surface area (Å²) in [6.45, 7) is 5.55. The summed E-state index contributed by atoms with van der Waals surface area (Å²) < 4.78 is 0. The number of carboxylic acids is 1. The molecule has 2 nitrogen and oxygen atoms in total. The highest BCUT2D eigenvalue weighted by molar-refractivity contribution is 5.85. The number of rotatable bonds is 5. The van der Waals surface area contributed by atoms with Crippen LogP contribution in [-0.2, 0) is 11.2 Å². The Morgan fingerprint density at radius 1 is 1.33 bits per heavy atom. The zero-order valence-corrected chi connectivity index (χ0v) is 8.99. The van der Waals surface area contributed by atoms with Crippen molar-refractivity contribution >= 4 is 5.97 Å². The minimum atomic E-state index is -0.890. The first-order valence-corrected chi connectivity index (χ1v) is 5.06. The first-order valence-electron chi connectivity index (χ1n) is 5.06. The Kier molecular flexibility index (Phi) is 4.10. The molecule has 0 heterocycles. The molecule has 0 atom stereocenters.